The lowest BCUT2D eigenvalue weighted by molar-refractivity contribution is -0.122. The van der Waals surface area contributed by atoms with Crippen LogP contribution in [0.2, 0.25) is 0 Å². The van der Waals surface area contributed by atoms with Crippen LogP contribution >= 0.6 is 0 Å². The predicted octanol–water partition coefficient (Wildman–Crippen LogP) is 8.62. The number of aliphatic hydroxyl groups is 2. The van der Waals surface area contributed by atoms with Gasteiger partial charge in [-0.2, -0.15) is 0 Å². The van der Waals surface area contributed by atoms with Gasteiger partial charge in [0.1, 0.15) is 13.3 Å². The van der Waals surface area contributed by atoms with Crippen LogP contribution in [0.5, 0.6) is 0 Å². The number of ketones is 1. The first-order valence-corrected chi connectivity index (χ1v) is 26.0. The molecule has 6 aromatic rings. The Balaban J connectivity index is 1.32. The number of nitrogens with zero attached hydrogens (tertiary/aromatic N) is 4. The molecule has 15 heteroatoms. The van der Waals surface area contributed by atoms with Crippen LogP contribution in [0.25, 0.3) is 44.1 Å². The minimum atomic E-state index is -3.59. The molecule has 0 radical (unpaired) electrons. The Morgan fingerprint density at radius 2 is 0.939 bits per heavy atom. The Labute approximate surface area is 385 Å². The van der Waals surface area contributed by atoms with Gasteiger partial charge in [-0.15, -0.1) is 0 Å². The maximum absolute atomic E-state index is 16.2. The van der Waals surface area contributed by atoms with Crippen LogP contribution in [0.1, 0.15) is 73.9 Å². The van der Waals surface area contributed by atoms with E-state index in [2.05, 4.69) is 9.80 Å². The van der Waals surface area contributed by atoms with Crippen LogP contribution in [-0.4, -0.2) is 106 Å². The number of benzene rings is 4. The molecule has 0 spiro atoms. The van der Waals surface area contributed by atoms with Crippen LogP contribution in [0.4, 0.5) is 20.2 Å². The van der Waals surface area contributed by atoms with Gasteiger partial charge in [0, 0.05) is 72.2 Å². The third-order valence-electron chi connectivity index (χ3n) is 13.6. The number of fused-ring (bicyclic) bond motifs is 2. The number of anilines is 2. The molecule has 2 aromatic heterocycles. The maximum atomic E-state index is 16.2. The number of Topliss-reactive ketones (excluding diaryl/α,β-unsaturated/α-hetero) is 1. The van der Waals surface area contributed by atoms with Gasteiger partial charge >= 0.3 is 0 Å². The number of carbonyl (C=O) groups excluding carboxylic acids is 1. The van der Waals surface area contributed by atoms with E-state index in [0.717, 1.165) is 23.9 Å². The second-order valence-electron chi connectivity index (χ2n) is 18.8. The highest BCUT2D eigenvalue weighted by Gasteiger charge is 2.37. The third-order valence-corrected chi connectivity index (χ3v) is 15.9. The van der Waals surface area contributed by atoms with Crippen molar-refractivity contribution in [3.63, 3.8) is 0 Å². The van der Waals surface area contributed by atoms with Gasteiger partial charge in [0.25, 0.3) is 0 Å². The van der Waals surface area contributed by atoms with Crippen molar-refractivity contribution in [3.05, 3.63) is 107 Å². The van der Waals surface area contributed by atoms with Crippen molar-refractivity contribution in [2.75, 3.05) is 61.8 Å². The normalized spacial score (nSPS) is 17.5. The molecular weight excluding hydrogens is 883 g/mol. The minimum Gasteiger partial charge on any atom is -0.390 e. The maximum Gasteiger partial charge on any atom is 0.175 e. The van der Waals surface area contributed by atoms with E-state index >= 15 is 13.6 Å². The Hall–Kier alpha value is -5.35. The molecule has 0 amide bonds. The molecule has 11 nitrogen and oxygen atoms in total. The number of pyridine rings is 2. The van der Waals surface area contributed by atoms with Gasteiger partial charge in [0.15, 0.2) is 25.5 Å². The molecule has 4 aromatic carbocycles. The minimum absolute atomic E-state index is 0.0752. The van der Waals surface area contributed by atoms with E-state index < -0.39 is 61.8 Å². The van der Waals surface area contributed by atoms with Crippen LogP contribution in [0.3, 0.4) is 0 Å². The number of aromatic nitrogens is 2. The average Bonchev–Trinajstić information content (AvgIpc) is 3.26. The Bertz CT molecular complexity index is 2860. The van der Waals surface area contributed by atoms with Crippen molar-refractivity contribution in [1.29, 1.82) is 0 Å². The van der Waals surface area contributed by atoms with Crippen molar-refractivity contribution < 1.29 is 40.6 Å². The molecule has 66 heavy (non-hydrogen) atoms. The van der Waals surface area contributed by atoms with Gasteiger partial charge in [-0.1, -0.05) is 24.3 Å². The summed E-state index contributed by atoms with van der Waals surface area (Å²) in [6, 6.07) is 23.8. The first-order chi connectivity index (χ1) is 31.1. The van der Waals surface area contributed by atoms with Crippen LogP contribution < -0.4 is 9.80 Å². The molecule has 0 bridgehead atoms. The lowest BCUT2D eigenvalue weighted by atomic mass is 9.78. The molecule has 2 fully saturated rings. The summed E-state index contributed by atoms with van der Waals surface area (Å²) in [5.74, 6) is -3.83. The van der Waals surface area contributed by atoms with E-state index in [0.29, 0.717) is 107 Å². The predicted molar refractivity (Wildman–Crippen MR) is 257 cm³/mol. The fraction of sp³-hybridized carbons (Fsp3) is 0.392. The third kappa shape index (κ3) is 9.32. The zero-order chi connectivity index (χ0) is 47.5. The number of aryl methyl sites for hydroxylation is 2. The van der Waals surface area contributed by atoms with Crippen molar-refractivity contribution in [2.24, 2.45) is 0 Å². The van der Waals surface area contributed by atoms with Crippen molar-refractivity contribution in [2.45, 2.75) is 86.2 Å². The van der Waals surface area contributed by atoms with E-state index in [9.17, 15) is 27.0 Å². The van der Waals surface area contributed by atoms with E-state index in [1.807, 2.05) is 50.2 Å². The summed E-state index contributed by atoms with van der Waals surface area (Å²) >= 11 is 0. The number of rotatable bonds is 12. The highest BCUT2D eigenvalue weighted by molar-refractivity contribution is 7.91. The summed E-state index contributed by atoms with van der Waals surface area (Å²) in [6.07, 6.45) is 4.38. The van der Waals surface area contributed by atoms with Crippen LogP contribution in [-0.2, 0) is 24.5 Å². The number of hydrogen-bond acceptors (Lipinski definition) is 11. The molecule has 2 saturated heterocycles. The highest BCUT2D eigenvalue weighted by Crippen LogP contribution is 2.45. The Morgan fingerprint density at radius 3 is 1.24 bits per heavy atom. The fourth-order valence-electron chi connectivity index (χ4n) is 9.71. The number of alkyl halides is 2. The molecule has 0 saturated carbocycles. The van der Waals surface area contributed by atoms with Crippen molar-refractivity contribution >= 4 is 58.6 Å². The molecule has 2 N–H and O–H groups in total. The molecule has 2 unspecified atom stereocenters. The summed E-state index contributed by atoms with van der Waals surface area (Å²) in [7, 11) is -7.17. The molecule has 4 heterocycles. The highest BCUT2D eigenvalue weighted by atomic mass is 32.2. The first kappa shape index (κ1) is 47.2. The van der Waals surface area contributed by atoms with Gasteiger partial charge in [-0.05, 0) is 147 Å². The monoisotopic (exact) mass is 938 g/mol. The second-order valence-corrected chi connectivity index (χ2v) is 22.8. The summed E-state index contributed by atoms with van der Waals surface area (Å²) in [5.41, 5.74) is 4.29. The Kier molecular flexibility index (Phi) is 12.7. The van der Waals surface area contributed by atoms with Gasteiger partial charge in [-0.3, -0.25) is 14.8 Å². The van der Waals surface area contributed by atoms with E-state index in [1.165, 1.54) is 24.3 Å². The number of hydrogen-bond donors (Lipinski definition) is 2. The number of halogens is 2. The summed E-state index contributed by atoms with van der Waals surface area (Å²) in [5, 5.41) is 22.6. The Morgan fingerprint density at radius 1 is 0.606 bits per heavy atom. The number of carbonyl (C=O) groups is 1. The van der Waals surface area contributed by atoms with Crippen LogP contribution in [0, 0.1) is 13.8 Å². The smallest absolute Gasteiger partial charge is 0.175 e. The van der Waals surface area contributed by atoms with E-state index in [4.69, 9.17) is 9.97 Å². The molecular formula is C51H56F2N4O7S2. The van der Waals surface area contributed by atoms with E-state index in [1.54, 1.807) is 38.1 Å². The van der Waals surface area contributed by atoms with Gasteiger partial charge < -0.3 is 20.0 Å². The average molecular weight is 939 g/mol. The zero-order valence-corrected chi connectivity index (χ0v) is 39.7. The molecule has 8 rings (SSSR count). The summed E-state index contributed by atoms with van der Waals surface area (Å²) < 4.78 is 82.8. The zero-order valence-electron chi connectivity index (χ0n) is 38.1. The SMILES string of the molecule is Cc1nc2ccc(N3CCC(C)(O)CC3)cc2c(-c2ccc(S(C)(=O)=O)cc2)c1C(CF)C(=O)C(CF)c1c(C)nc2ccc(N3CCC(C)(O)CC3)cc2c1-c1ccc(S(C)(=O)=O)cc1. The lowest BCUT2D eigenvalue weighted by Crippen LogP contribution is -2.42. The second kappa shape index (κ2) is 17.7. The molecule has 0 aliphatic carbocycles. The largest absolute Gasteiger partial charge is 0.390 e. The summed E-state index contributed by atoms with van der Waals surface area (Å²) in [4.78, 5) is 29.7. The van der Waals surface area contributed by atoms with E-state index in [-0.39, 0.29) is 20.9 Å². The van der Waals surface area contributed by atoms with Crippen molar-refractivity contribution in [3.8, 4) is 22.3 Å². The lowest BCUT2D eigenvalue weighted by Gasteiger charge is -2.37. The molecule has 2 aliphatic heterocycles. The number of sulfone groups is 2. The molecule has 348 valence electrons. The van der Waals surface area contributed by atoms with Gasteiger partial charge in [0.05, 0.1) is 43.9 Å². The van der Waals surface area contributed by atoms with Gasteiger partial charge in [0.2, 0.25) is 0 Å². The fourth-order valence-corrected chi connectivity index (χ4v) is 11.0. The molecule has 2 aliphatic rings. The number of piperidine rings is 2. The standard InChI is InChI=1S/C51H56F2N4O7S2/c1-31-45(47(33-7-13-37(14-8-33)65(5,61)62)39-27-35(11-17-43(39)54-31)56-23-19-50(3,59)20-24-56)41(29-52)49(58)42(30-53)46-32(2)55-44-18-12-36(57-25-21-51(4,60)22-26-57)28-40(44)48(46)34-9-15-38(16-10-34)66(6,63)64/h7-18,27-28,41-42,59-60H,19-26,29-30H2,1-6H3. The quantitative estimate of drug-likeness (QED) is 0.121. The topological polar surface area (TPSA) is 158 Å². The van der Waals surface area contributed by atoms with Gasteiger partial charge in [-0.25, -0.2) is 25.6 Å². The van der Waals surface area contributed by atoms with Crippen LogP contribution in [0.15, 0.2) is 94.7 Å². The first-order valence-electron chi connectivity index (χ1n) is 22.2. The van der Waals surface area contributed by atoms with Crippen molar-refractivity contribution in [1.82, 2.24) is 9.97 Å². The molecule has 2 atom stereocenters. The summed E-state index contributed by atoms with van der Waals surface area (Å²) in [6.45, 7) is 6.88.